The summed E-state index contributed by atoms with van der Waals surface area (Å²) in [4.78, 5) is 22.1. The van der Waals surface area contributed by atoms with E-state index in [1.165, 1.54) is 4.57 Å². The van der Waals surface area contributed by atoms with Crippen LogP contribution in [-0.4, -0.2) is 37.1 Å². The molecule has 0 unspecified atom stereocenters. The zero-order valence-electron chi connectivity index (χ0n) is 16.5. The van der Waals surface area contributed by atoms with E-state index >= 15 is 0 Å². The van der Waals surface area contributed by atoms with Gasteiger partial charge in [0.2, 0.25) is 11.8 Å². The number of hydrogen-bond acceptors (Lipinski definition) is 7. The van der Waals surface area contributed by atoms with Crippen LogP contribution in [0.25, 0.3) is 39.0 Å². The zero-order valence-corrected chi connectivity index (χ0v) is 16.5. The summed E-state index contributed by atoms with van der Waals surface area (Å²) in [6, 6.07) is 16.5. The van der Waals surface area contributed by atoms with Crippen molar-refractivity contribution in [2.45, 2.75) is 0 Å². The summed E-state index contributed by atoms with van der Waals surface area (Å²) < 4.78 is 6.77. The van der Waals surface area contributed by atoms with Gasteiger partial charge in [-0.3, -0.25) is 9.89 Å². The van der Waals surface area contributed by atoms with Gasteiger partial charge in [-0.1, -0.05) is 29.5 Å². The first-order valence-corrected chi connectivity index (χ1v) is 9.44. The maximum atomic E-state index is 13.3. The van der Waals surface area contributed by atoms with Gasteiger partial charge in [-0.25, -0.2) is 14.5 Å². The molecule has 2 aromatic carbocycles. The highest BCUT2D eigenvalue weighted by molar-refractivity contribution is 5.85. The Bertz CT molecular complexity index is 1440. The van der Waals surface area contributed by atoms with Crippen LogP contribution in [0.1, 0.15) is 0 Å². The molecule has 0 saturated carbocycles. The van der Waals surface area contributed by atoms with E-state index in [4.69, 9.17) is 10.5 Å². The molecule has 0 fully saturated rings. The molecular weight excluding hydrogens is 394 g/mol. The Morgan fingerprint density at radius 3 is 2.61 bits per heavy atom. The summed E-state index contributed by atoms with van der Waals surface area (Å²) in [5.74, 6) is 0.577. The molecule has 0 saturated heterocycles. The first kappa shape index (κ1) is 18.5. The lowest BCUT2D eigenvalue weighted by molar-refractivity contribution is 0.399. The first-order valence-electron chi connectivity index (χ1n) is 9.44. The van der Waals surface area contributed by atoms with Gasteiger partial charge in [0.15, 0.2) is 0 Å². The molecule has 0 atom stereocenters. The number of H-pyrrole nitrogens is 1. The number of benzene rings is 2. The predicted octanol–water partition coefficient (Wildman–Crippen LogP) is 2.82. The monoisotopic (exact) mass is 411 g/mol. The number of nitrogens with zero attached hydrogens (tertiary/aromatic N) is 5. The Balaban J connectivity index is 1.69. The van der Waals surface area contributed by atoms with E-state index in [0.29, 0.717) is 33.7 Å². The summed E-state index contributed by atoms with van der Waals surface area (Å²) in [6.45, 7) is 0. The van der Waals surface area contributed by atoms with Crippen molar-refractivity contribution in [3.8, 4) is 34.0 Å². The second kappa shape index (κ2) is 7.38. The second-order valence-corrected chi connectivity index (χ2v) is 6.83. The van der Waals surface area contributed by atoms with Gasteiger partial charge in [0.25, 0.3) is 5.56 Å². The average molecular weight is 411 g/mol. The van der Waals surface area contributed by atoms with Crippen molar-refractivity contribution in [2.24, 2.45) is 0 Å². The van der Waals surface area contributed by atoms with Gasteiger partial charge < -0.3 is 10.5 Å². The maximum absolute atomic E-state index is 13.3. The van der Waals surface area contributed by atoms with Crippen LogP contribution in [-0.2, 0) is 0 Å². The number of para-hydroxylation sites is 1. The van der Waals surface area contributed by atoms with Crippen molar-refractivity contribution < 1.29 is 4.74 Å². The van der Waals surface area contributed by atoms with Gasteiger partial charge in [0, 0.05) is 11.8 Å². The molecule has 0 bridgehead atoms. The number of ether oxygens (including phenoxy) is 1. The summed E-state index contributed by atoms with van der Waals surface area (Å²) in [5.41, 5.74) is 10.0. The third-order valence-electron chi connectivity index (χ3n) is 4.99. The molecule has 0 aliphatic carbocycles. The molecule has 3 aromatic heterocycles. The van der Waals surface area contributed by atoms with E-state index in [0.717, 1.165) is 11.1 Å². The van der Waals surface area contributed by atoms with Gasteiger partial charge in [0.1, 0.15) is 0 Å². The standard InChI is InChI=1S/C22H17N7O2/c1-31-20-16(19-12-25-28-27-19)10-14(11-24-20)13-7-8-18-17(9-13)21(30)29(22(23)26-18)15-5-3-2-4-6-15/h2-12H,1H3,(H2,23,26)(H,25,27,28). The van der Waals surface area contributed by atoms with E-state index in [9.17, 15) is 4.79 Å². The van der Waals surface area contributed by atoms with E-state index in [-0.39, 0.29) is 11.5 Å². The molecule has 5 rings (SSSR count). The van der Waals surface area contributed by atoms with E-state index in [2.05, 4.69) is 25.4 Å². The number of rotatable bonds is 4. The number of fused-ring (bicyclic) bond motifs is 1. The topological polar surface area (TPSA) is 125 Å². The van der Waals surface area contributed by atoms with Crippen LogP contribution in [0.4, 0.5) is 5.95 Å². The van der Waals surface area contributed by atoms with Crippen LogP contribution in [0.5, 0.6) is 5.88 Å². The smallest absolute Gasteiger partial charge is 0.267 e. The molecule has 152 valence electrons. The molecule has 0 radical (unpaired) electrons. The first-order chi connectivity index (χ1) is 15.2. The fourth-order valence-electron chi connectivity index (χ4n) is 3.50. The number of anilines is 1. The quantitative estimate of drug-likeness (QED) is 0.466. The van der Waals surface area contributed by atoms with Gasteiger partial charge >= 0.3 is 0 Å². The molecule has 0 aliphatic rings. The number of nitrogens with two attached hydrogens (primary N) is 1. The van der Waals surface area contributed by atoms with Crippen molar-refractivity contribution in [3.63, 3.8) is 0 Å². The van der Waals surface area contributed by atoms with Crippen molar-refractivity contribution >= 4 is 16.9 Å². The Hall–Kier alpha value is -4.53. The van der Waals surface area contributed by atoms with Crippen molar-refractivity contribution in [3.05, 3.63) is 77.3 Å². The summed E-state index contributed by atoms with van der Waals surface area (Å²) >= 11 is 0. The third kappa shape index (κ3) is 3.18. The van der Waals surface area contributed by atoms with Crippen LogP contribution in [0, 0.1) is 0 Å². The number of hydrogen-bond donors (Lipinski definition) is 2. The minimum absolute atomic E-state index is 0.136. The molecule has 31 heavy (non-hydrogen) atoms. The molecule has 5 aromatic rings. The number of aromatic nitrogens is 6. The summed E-state index contributed by atoms with van der Waals surface area (Å²) in [7, 11) is 1.55. The third-order valence-corrected chi connectivity index (χ3v) is 4.99. The minimum atomic E-state index is -0.241. The highest BCUT2D eigenvalue weighted by atomic mass is 16.5. The second-order valence-electron chi connectivity index (χ2n) is 6.83. The number of pyridine rings is 1. The van der Waals surface area contributed by atoms with E-state index < -0.39 is 0 Å². The van der Waals surface area contributed by atoms with Crippen LogP contribution in [0.3, 0.4) is 0 Å². The Morgan fingerprint density at radius 1 is 1.03 bits per heavy atom. The number of nitrogens with one attached hydrogen (secondary N) is 1. The van der Waals surface area contributed by atoms with Gasteiger partial charge in [-0.05, 0) is 35.9 Å². The van der Waals surface area contributed by atoms with Crippen molar-refractivity contribution in [2.75, 3.05) is 12.8 Å². The van der Waals surface area contributed by atoms with Gasteiger partial charge in [-0.15, -0.1) is 5.10 Å². The highest BCUT2D eigenvalue weighted by Gasteiger charge is 2.14. The molecule has 0 spiro atoms. The largest absolute Gasteiger partial charge is 0.481 e. The van der Waals surface area contributed by atoms with Gasteiger partial charge in [-0.2, -0.15) is 0 Å². The van der Waals surface area contributed by atoms with Gasteiger partial charge in [0.05, 0.1) is 41.2 Å². The SMILES string of the molecule is COc1ncc(-c2ccc3nc(N)n(-c4ccccc4)c(=O)c3c2)cc1-c1cnn[nH]1. The van der Waals surface area contributed by atoms with Crippen LogP contribution in [0.2, 0.25) is 0 Å². The Kier molecular flexibility index (Phi) is 4.40. The molecule has 0 amide bonds. The van der Waals surface area contributed by atoms with E-state index in [1.807, 2.05) is 42.5 Å². The number of aromatic amines is 1. The Labute approximate surface area is 176 Å². The lowest BCUT2D eigenvalue weighted by Crippen LogP contribution is -2.23. The highest BCUT2D eigenvalue weighted by Crippen LogP contribution is 2.31. The summed E-state index contributed by atoms with van der Waals surface area (Å²) in [6.07, 6.45) is 3.28. The van der Waals surface area contributed by atoms with Crippen molar-refractivity contribution in [1.29, 1.82) is 0 Å². The maximum Gasteiger partial charge on any atom is 0.267 e. The number of methoxy groups -OCH3 is 1. The molecule has 0 aliphatic heterocycles. The van der Waals surface area contributed by atoms with Crippen LogP contribution >= 0.6 is 0 Å². The molecule has 9 heteroatoms. The molecule has 3 N–H and O–H groups in total. The lowest BCUT2D eigenvalue weighted by atomic mass is 10.0. The Morgan fingerprint density at radius 2 is 1.87 bits per heavy atom. The van der Waals surface area contributed by atoms with Crippen LogP contribution in [0.15, 0.2) is 71.8 Å². The normalized spacial score (nSPS) is 11.0. The lowest BCUT2D eigenvalue weighted by Gasteiger charge is -2.12. The zero-order chi connectivity index (χ0) is 21.4. The molecule has 3 heterocycles. The average Bonchev–Trinajstić information content (AvgIpc) is 3.34. The predicted molar refractivity (Wildman–Crippen MR) is 117 cm³/mol. The van der Waals surface area contributed by atoms with E-state index in [1.54, 1.807) is 31.6 Å². The molecule has 9 nitrogen and oxygen atoms in total. The minimum Gasteiger partial charge on any atom is -0.481 e. The fourth-order valence-corrected chi connectivity index (χ4v) is 3.50. The molecular formula is C22H17N7O2. The fraction of sp³-hybridized carbons (Fsp3) is 0.0455. The summed E-state index contributed by atoms with van der Waals surface area (Å²) in [5, 5.41) is 10.8. The van der Waals surface area contributed by atoms with Crippen molar-refractivity contribution in [1.82, 2.24) is 29.9 Å². The van der Waals surface area contributed by atoms with Crippen LogP contribution < -0.4 is 16.0 Å². The number of nitrogen functional groups attached to an aromatic ring is 1.